The molecule has 1 saturated heterocycles. The molecule has 8 heteroatoms. The van der Waals surface area contributed by atoms with Crippen LogP contribution in [0.4, 0.5) is 4.39 Å². The maximum atomic E-state index is 13.6. The Morgan fingerprint density at radius 2 is 2.35 bits per heavy atom. The van der Waals surface area contributed by atoms with Gasteiger partial charge in [-0.2, -0.15) is 4.31 Å². The molecule has 110 valence electrons. The Labute approximate surface area is 117 Å². The molecule has 1 N–H and O–H groups in total. The Morgan fingerprint density at radius 3 is 2.95 bits per heavy atom. The maximum absolute atomic E-state index is 13.6. The number of oxime groups is 1. The summed E-state index contributed by atoms with van der Waals surface area (Å²) in [5.74, 6) is -1.02. The summed E-state index contributed by atoms with van der Waals surface area (Å²) in [7, 11) is -3.96. The fourth-order valence-electron chi connectivity index (χ4n) is 2.28. The first-order valence-electron chi connectivity index (χ1n) is 6.32. The fraction of sp³-hybridized carbons (Fsp3) is 0.500. The van der Waals surface area contributed by atoms with Crippen LogP contribution in [-0.4, -0.2) is 41.7 Å². The first kappa shape index (κ1) is 14.9. The summed E-state index contributed by atoms with van der Waals surface area (Å²) in [6.45, 7) is 2.22. The third-order valence-electron chi connectivity index (χ3n) is 3.44. The lowest BCUT2D eigenvalue weighted by molar-refractivity contribution is 0.295. The summed E-state index contributed by atoms with van der Waals surface area (Å²) in [6.07, 6.45) is 2.23. The number of hydrogen-bond donors (Lipinski definition) is 1. The predicted molar refractivity (Wildman–Crippen MR) is 70.6 cm³/mol. The quantitative estimate of drug-likeness (QED) is 0.677. The van der Waals surface area contributed by atoms with Gasteiger partial charge >= 0.3 is 0 Å². The minimum Gasteiger partial charge on any atom is -0.411 e. The highest BCUT2D eigenvalue weighted by Gasteiger charge is 2.35. The molecule has 0 radical (unpaired) electrons. The average molecular weight is 301 g/mol. The average Bonchev–Trinajstić information content (AvgIpc) is 2.46. The fourth-order valence-corrected chi connectivity index (χ4v) is 3.74. The topological polar surface area (TPSA) is 82.9 Å². The predicted octanol–water partition coefficient (Wildman–Crippen LogP) is 1.47. The summed E-state index contributed by atoms with van der Waals surface area (Å²) in [6, 6.07) is 2.41. The molecule has 0 spiro atoms. The normalized spacial score (nSPS) is 23.1. The van der Waals surface area contributed by atoms with Gasteiger partial charge < -0.3 is 5.21 Å². The SMILES string of the molecule is CCC1CN(S(=O)(=O)c2ncccc2F)CC/C1=N\O. The van der Waals surface area contributed by atoms with Crippen LogP contribution < -0.4 is 0 Å². The molecule has 0 amide bonds. The van der Waals surface area contributed by atoms with Crippen LogP contribution in [0.1, 0.15) is 19.8 Å². The van der Waals surface area contributed by atoms with E-state index in [1.807, 2.05) is 6.92 Å². The second kappa shape index (κ2) is 5.84. The molecule has 1 unspecified atom stereocenters. The van der Waals surface area contributed by atoms with Crippen molar-refractivity contribution in [2.24, 2.45) is 11.1 Å². The third kappa shape index (κ3) is 2.66. The molecule has 6 nitrogen and oxygen atoms in total. The molecule has 2 heterocycles. The molecule has 1 aromatic heterocycles. The van der Waals surface area contributed by atoms with Crippen LogP contribution in [0.3, 0.4) is 0 Å². The van der Waals surface area contributed by atoms with E-state index in [-0.39, 0.29) is 19.0 Å². The highest BCUT2D eigenvalue weighted by Crippen LogP contribution is 2.24. The summed E-state index contributed by atoms with van der Waals surface area (Å²) >= 11 is 0. The minimum absolute atomic E-state index is 0.157. The highest BCUT2D eigenvalue weighted by molar-refractivity contribution is 7.89. The van der Waals surface area contributed by atoms with Gasteiger partial charge in [0.2, 0.25) is 5.03 Å². The Balaban J connectivity index is 2.30. The molecule has 0 aliphatic carbocycles. The van der Waals surface area contributed by atoms with E-state index in [0.717, 1.165) is 6.07 Å². The maximum Gasteiger partial charge on any atom is 0.263 e. The number of aromatic nitrogens is 1. The van der Waals surface area contributed by atoms with Crippen molar-refractivity contribution >= 4 is 15.7 Å². The van der Waals surface area contributed by atoms with Gasteiger partial charge in [-0.05, 0) is 18.6 Å². The molecule has 0 aromatic carbocycles. The largest absolute Gasteiger partial charge is 0.411 e. The molecular weight excluding hydrogens is 285 g/mol. The van der Waals surface area contributed by atoms with Gasteiger partial charge in [-0.15, -0.1) is 0 Å². The minimum atomic E-state index is -3.96. The Kier molecular flexibility index (Phi) is 4.34. The number of piperidine rings is 1. The van der Waals surface area contributed by atoms with Crippen LogP contribution in [0.15, 0.2) is 28.5 Å². The van der Waals surface area contributed by atoms with Gasteiger partial charge in [-0.25, -0.2) is 17.8 Å². The van der Waals surface area contributed by atoms with Crippen molar-refractivity contribution in [1.82, 2.24) is 9.29 Å². The second-order valence-corrected chi connectivity index (χ2v) is 6.45. The van der Waals surface area contributed by atoms with E-state index in [0.29, 0.717) is 18.6 Å². The van der Waals surface area contributed by atoms with Crippen LogP contribution >= 0.6 is 0 Å². The lowest BCUT2D eigenvalue weighted by atomic mass is 9.95. The van der Waals surface area contributed by atoms with Crippen molar-refractivity contribution < 1.29 is 18.0 Å². The number of rotatable bonds is 3. The van der Waals surface area contributed by atoms with Gasteiger partial charge in [0.15, 0.2) is 5.82 Å². The molecule has 1 aromatic rings. The molecule has 1 aliphatic heterocycles. The van der Waals surface area contributed by atoms with E-state index < -0.39 is 20.9 Å². The standard InChI is InChI=1S/C12H16FN3O3S/c1-2-9-8-16(7-5-11(9)15-17)20(18,19)12-10(13)4-3-6-14-12/h3-4,6,9,17H,2,5,7-8H2,1H3/b15-11+. The zero-order valence-electron chi connectivity index (χ0n) is 11.0. The molecule has 0 saturated carbocycles. The summed E-state index contributed by atoms with van der Waals surface area (Å²) in [5.41, 5.74) is 0.584. The van der Waals surface area contributed by atoms with Crippen molar-refractivity contribution in [3.63, 3.8) is 0 Å². The number of pyridine rings is 1. The monoisotopic (exact) mass is 301 g/mol. The van der Waals surface area contributed by atoms with Gasteiger partial charge in [0.05, 0.1) is 5.71 Å². The number of hydrogen-bond acceptors (Lipinski definition) is 5. The Morgan fingerprint density at radius 1 is 1.60 bits per heavy atom. The van der Waals surface area contributed by atoms with E-state index in [1.165, 1.54) is 16.6 Å². The van der Waals surface area contributed by atoms with E-state index in [1.54, 1.807) is 0 Å². The number of halogens is 1. The number of sulfonamides is 1. The van der Waals surface area contributed by atoms with Crippen LogP contribution in [0.25, 0.3) is 0 Å². The molecule has 1 atom stereocenters. The third-order valence-corrected chi connectivity index (χ3v) is 5.24. The zero-order valence-corrected chi connectivity index (χ0v) is 11.8. The highest BCUT2D eigenvalue weighted by atomic mass is 32.2. The van der Waals surface area contributed by atoms with Crippen LogP contribution in [0.5, 0.6) is 0 Å². The smallest absolute Gasteiger partial charge is 0.263 e. The van der Waals surface area contributed by atoms with Crippen molar-refractivity contribution in [3.05, 3.63) is 24.1 Å². The lowest BCUT2D eigenvalue weighted by Crippen LogP contribution is -2.44. The molecule has 0 bridgehead atoms. The van der Waals surface area contributed by atoms with Crippen molar-refractivity contribution in [1.29, 1.82) is 0 Å². The van der Waals surface area contributed by atoms with Gasteiger partial charge in [-0.1, -0.05) is 12.1 Å². The van der Waals surface area contributed by atoms with E-state index in [4.69, 9.17) is 5.21 Å². The van der Waals surface area contributed by atoms with Gasteiger partial charge in [0, 0.05) is 31.6 Å². The molecule has 1 fully saturated rings. The molecule has 2 rings (SSSR count). The molecular formula is C12H16FN3O3S. The van der Waals surface area contributed by atoms with E-state index in [2.05, 4.69) is 10.1 Å². The zero-order chi connectivity index (χ0) is 14.8. The van der Waals surface area contributed by atoms with Gasteiger partial charge in [-0.3, -0.25) is 0 Å². The second-order valence-electron chi connectivity index (χ2n) is 4.60. The Hall–Kier alpha value is -1.54. The van der Waals surface area contributed by atoms with E-state index in [9.17, 15) is 12.8 Å². The van der Waals surface area contributed by atoms with Crippen molar-refractivity contribution in [2.75, 3.05) is 13.1 Å². The summed E-state index contributed by atoms with van der Waals surface area (Å²) < 4.78 is 39.6. The first-order chi connectivity index (χ1) is 9.50. The summed E-state index contributed by atoms with van der Waals surface area (Å²) in [5, 5.41) is 11.5. The lowest BCUT2D eigenvalue weighted by Gasteiger charge is -2.31. The number of nitrogens with zero attached hydrogens (tertiary/aromatic N) is 3. The van der Waals surface area contributed by atoms with Gasteiger partial charge in [0.25, 0.3) is 10.0 Å². The Bertz CT molecular complexity index is 618. The van der Waals surface area contributed by atoms with Crippen molar-refractivity contribution in [3.8, 4) is 0 Å². The van der Waals surface area contributed by atoms with Crippen molar-refractivity contribution in [2.45, 2.75) is 24.8 Å². The van der Waals surface area contributed by atoms with E-state index >= 15 is 0 Å². The first-order valence-corrected chi connectivity index (χ1v) is 7.76. The van der Waals surface area contributed by atoms with Crippen LogP contribution in [0, 0.1) is 11.7 Å². The molecule has 20 heavy (non-hydrogen) atoms. The van der Waals surface area contributed by atoms with Gasteiger partial charge in [0.1, 0.15) is 0 Å². The van der Waals surface area contributed by atoms with Crippen LogP contribution in [-0.2, 0) is 10.0 Å². The van der Waals surface area contributed by atoms with Crippen LogP contribution in [0.2, 0.25) is 0 Å². The molecule has 1 aliphatic rings. The summed E-state index contributed by atoms with van der Waals surface area (Å²) in [4.78, 5) is 3.63.